The topological polar surface area (TPSA) is 106 Å². The molecule has 0 amide bonds. The number of aryl methyl sites for hydroxylation is 1. The molecule has 102 valence electrons. The van der Waals surface area contributed by atoms with Gasteiger partial charge in [-0.15, -0.1) is 0 Å². The van der Waals surface area contributed by atoms with E-state index in [9.17, 15) is 16.8 Å². The average molecular weight is 292 g/mol. The van der Waals surface area contributed by atoms with Crippen LogP contribution in [-0.2, 0) is 19.9 Å². The number of nitrogen functional groups attached to an aromatic ring is 1. The number of nitrogens with one attached hydrogen (secondary N) is 1. The first-order chi connectivity index (χ1) is 8.11. The Morgan fingerprint density at radius 3 is 2.28 bits per heavy atom. The van der Waals surface area contributed by atoms with Crippen molar-refractivity contribution < 1.29 is 16.8 Å². The number of benzene rings is 1. The van der Waals surface area contributed by atoms with Gasteiger partial charge in [-0.1, -0.05) is 12.1 Å². The van der Waals surface area contributed by atoms with Crippen LogP contribution in [0.5, 0.6) is 0 Å². The molecule has 0 aromatic heterocycles. The highest BCUT2D eigenvalue weighted by Crippen LogP contribution is 2.23. The third-order valence-corrected chi connectivity index (χ3v) is 4.75. The highest BCUT2D eigenvalue weighted by atomic mass is 32.2. The van der Waals surface area contributed by atoms with Crippen molar-refractivity contribution in [2.45, 2.75) is 6.92 Å². The van der Waals surface area contributed by atoms with Crippen molar-refractivity contribution >= 4 is 31.2 Å². The number of para-hydroxylation sites is 1. The van der Waals surface area contributed by atoms with Gasteiger partial charge in [0.05, 0.1) is 22.9 Å². The summed E-state index contributed by atoms with van der Waals surface area (Å²) >= 11 is 0. The Hall–Kier alpha value is -1.28. The molecule has 0 bridgehead atoms. The van der Waals surface area contributed by atoms with Crippen LogP contribution < -0.4 is 10.5 Å². The van der Waals surface area contributed by atoms with E-state index >= 15 is 0 Å². The molecular formula is C10H16N2O4S2. The number of nitrogens with two attached hydrogens (primary N) is 1. The molecule has 0 aliphatic rings. The van der Waals surface area contributed by atoms with Crippen LogP contribution in [0, 0.1) is 6.92 Å². The van der Waals surface area contributed by atoms with Gasteiger partial charge in [0.1, 0.15) is 9.84 Å². The molecule has 0 atom stereocenters. The zero-order valence-corrected chi connectivity index (χ0v) is 11.8. The normalized spacial score (nSPS) is 12.3. The summed E-state index contributed by atoms with van der Waals surface area (Å²) in [5.74, 6) is -0.909. The standard InChI is InChI=1S/C10H16N2O4S2/c1-8-4-3-5-9(11)10(8)12-18(15,16)7-6-17(2,13)14/h3-5,12H,6-7,11H2,1-2H3. The molecule has 0 heterocycles. The molecule has 0 saturated carbocycles. The Labute approximate surface area is 107 Å². The van der Waals surface area contributed by atoms with Gasteiger partial charge >= 0.3 is 0 Å². The quantitative estimate of drug-likeness (QED) is 0.762. The van der Waals surface area contributed by atoms with Gasteiger partial charge in [-0.3, -0.25) is 4.72 Å². The molecule has 0 saturated heterocycles. The number of sulfone groups is 1. The number of sulfonamides is 1. The molecule has 0 spiro atoms. The van der Waals surface area contributed by atoms with Crippen molar-refractivity contribution in [2.24, 2.45) is 0 Å². The van der Waals surface area contributed by atoms with Gasteiger partial charge in [0.15, 0.2) is 0 Å². The van der Waals surface area contributed by atoms with Crippen molar-refractivity contribution in [3.05, 3.63) is 23.8 Å². The molecular weight excluding hydrogens is 276 g/mol. The predicted molar refractivity (Wildman–Crippen MR) is 72.7 cm³/mol. The molecule has 0 radical (unpaired) electrons. The molecule has 0 fully saturated rings. The first-order valence-electron chi connectivity index (χ1n) is 5.14. The fourth-order valence-electron chi connectivity index (χ4n) is 1.30. The van der Waals surface area contributed by atoms with Crippen LogP contribution in [0.15, 0.2) is 18.2 Å². The van der Waals surface area contributed by atoms with E-state index in [1.54, 1.807) is 25.1 Å². The van der Waals surface area contributed by atoms with E-state index in [0.29, 0.717) is 16.9 Å². The van der Waals surface area contributed by atoms with Gasteiger partial charge in [-0.25, -0.2) is 16.8 Å². The van der Waals surface area contributed by atoms with Crippen LogP contribution in [0.25, 0.3) is 0 Å². The van der Waals surface area contributed by atoms with E-state index < -0.39 is 31.4 Å². The van der Waals surface area contributed by atoms with Gasteiger partial charge < -0.3 is 5.73 Å². The highest BCUT2D eigenvalue weighted by molar-refractivity contribution is 7.95. The van der Waals surface area contributed by atoms with Crippen molar-refractivity contribution in [3.63, 3.8) is 0 Å². The van der Waals surface area contributed by atoms with Gasteiger partial charge in [0, 0.05) is 6.26 Å². The van der Waals surface area contributed by atoms with E-state index in [2.05, 4.69) is 4.72 Å². The monoisotopic (exact) mass is 292 g/mol. The molecule has 8 heteroatoms. The third-order valence-electron chi connectivity index (χ3n) is 2.29. The Kier molecular flexibility index (Phi) is 4.23. The van der Waals surface area contributed by atoms with Gasteiger partial charge in [0.25, 0.3) is 0 Å². The van der Waals surface area contributed by atoms with E-state index in [1.807, 2.05) is 0 Å². The van der Waals surface area contributed by atoms with Crippen molar-refractivity contribution in [3.8, 4) is 0 Å². The lowest BCUT2D eigenvalue weighted by Crippen LogP contribution is -2.23. The summed E-state index contributed by atoms with van der Waals surface area (Å²) in [5.41, 5.74) is 6.94. The molecule has 1 aromatic carbocycles. The zero-order valence-electron chi connectivity index (χ0n) is 10.2. The number of rotatable bonds is 5. The van der Waals surface area contributed by atoms with Crippen LogP contribution >= 0.6 is 0 Å². The Morgan fingerprint density at radius 1 is 1.17 bits per heavy atom. The maximum atomic E-state index is 11.7. The van der Waals surface area contributed by atoms with Crippen molar-refractivity contribution in [2.75, 3.05) is 28.2 Å². The van der Waals surface area contributed by atoms with E-state index in [1.165, 1.54) is 0 Å². The van der Waals surface area contributed by atoms with Crippen LogP contribution in [0.1, 0.15) is 5.56 Å². The number of anilines is 2. The first kappa shape index (κ1) is 14.8. The fourth-order valence-corrected chi connectivity index (χ4v) is 4.08. The van der Waals surface area contributed by atoms with Crippen molar-refractivity contribution in [1.29, 1.82) is 0 Å². The van der Waals surface area contributed by atoms with E-state index in [0.717, 1.165) is 6.26 Å². The predicted octanol–water partition coefficient (Wildman–Crippen LogP) is 0.364. The minimum absolute atomic E-state index is 0.297. The second-order valence-electron chi connectivity index (χ2n) is 4.09. The second-order valence-corrected chi connectivity index (χ2v) is 8.19. The molecule has 6 nitrogen and oxygen atoms in total. The summed E-state index contributed by atoms with van der Waals surface area (Å²) in [6, 6.07) is 4.99. The maximum Gasteiger partial charge on any atom is 0.233 e. The van der Waals surface area contributed by atoms with Crippen molar-refractivity contribution in [1.82, 2.24) is 0 Å². The summed E-state index contributed by atoms with van der Waals surface area (Å²) in [7, 11) is -7.04. The average Bonchev–Trinajstić information content (AvgIpc) is 2.20. The lowest BCUT2D eigenvalue weighted by atomic mass is 10.2. The lowest BCUT2D eigenvalue weighted by Gasteiger charge is -2.12. The molecule has 1 rings (SSSR count). The second kappa shape index (κ2) is 5.15. The van der Waals surface area contributed by atoms with Crippen LogP contribution in [0.3, 0.4) is 0 Å². The largest absolute Gasteiger partial charge is 0.397 e. The highest BCUT2D eigenvalue weighted by Gasteiger charge is 2.16. The molecule has 1 aromatic rings. The van der Waals surface area contributed by atoms with Gasteiger partial charge in [0.2, 0.25) is 10.0 Å². The third kappa shape index (κ3) is 4.53. The smallest absolute Gasteiger partial charge is 0.233 e. The van der Waals surface area contributed by atoms with Gasteiger partial charge in [-0.2, -0.15) is 0 Å². The fraction of sp³-hybridized carbons (Fsp3) is 0.400. The molecule has 0 aliphatic carbocycles. The van der Waals surface area contributed by atoms with E-state index in [-0.39, 0.29) is 0 Å². The van der Waals surface area contributed by atoms with Crippen LogP contribution in [0.2, 0.25) is 0 Å². The minimum Gasteiger partial charge on any atom is -0.397 e. The number of hydrogen-bond donors (Lipinski definition) is 2. The zero-order chi connectivity index (χ0) is 14.0. The first-order valence-corrected chi connectivity index (χ1v) is 8.85. The summed E-state index contributed by atoms with van der Waals surface area (Å²) in [6.07, 6.45) is 0.991. The SMILES string of the molecule is Cc1cccc(N)c1NS(=O)(=O)CCS(C)(=O)=O. The summed E-state index contributed by atoms with van der Waals surface area (Å²) in [5, 5.41) is 0. The molecule has 3 N–H and O–H groups in total. The summed E-state index contributed by atoms with van der Waals surface area (Å²) < 4.78 is 47.6. The minimum atomic E-state index is -3.72. The molecule has 0 aliphatic heterocycles. The van der Waals surface area contributed by atoms with Crippen LogP contribution in [0.4, 0.5) is 11.4 Å². The molecule has 18 heavy (non-hydrogen) atoms. The maximum absolute atomic E-state index is 11.7. The Balaban J connectivity index is 2.90. The Bertz CT molecular complexity index is 616. The van der Waals surface area contributed by atoms with Crippen LogP contribution in [-0.4, -0.2) is 34.6 Å². The lowest BCUT2D eigenvalue weighted by molar-refractivity contribution is 0.593. The Morgan fingerprint density at radius 2 is 1.78 bits per heavy atom. The van der Waals surface area contributed by atoms with E-state index in [4.69, 9.17) is 5.73 Å². The number of hydrogen-bond acceptors (Lipinski definition) is 5. The summed E-state index contributed by atoms with van der Waals surface area (Å²) in [4.78, 5) is 0. The molecule has 0 unspecified atom stereocenters. The summed E-state index contributed by atoms with van der Waals surface area (Å²) in [6.45, 7) is 1.71. The van der Waals surface area contributed by atoms with Gasteiger partial charge in [-0.05, 0) is 18.6 Å².